The summed E-state index contributed by atoms with van der Waals surface area (Å²) in [5, 5.41) is 17.6. The topological polar surface area (TPSA) is 98.3 Å². The summed E-state index contributed by atoms with van der Waals surface area (Å²) >= 11 is 3.46. The number of carbonyl (C=O) groups excluding carboxylic acids is 1. The second kappa shape index (κ2) is 11.1. The maximum Gasteiger partial charge on any atom is 0.203 e. The Kier molecular flexibility index (Phi) is 7.61. The number of carbonyl (C=O) groups is 1. The van der Waals surface area contributed by atoms with Gasteiger partial charge in [-0.2, -0.15) is 0 Å². The Morgan fingerprint density at radius 2 is 1.59 bits per heavy atom. The molecular formula is C30H31BrN2O6. The van der Waals surface area contributed by atoms with E-state index >= 15 is 0 Å². The highest BCUT2D eigenvalue weighted by atomic mass is 79.9. The minimum absolute atomic E-state index is 0.0231. The number of allylic oxidation sites excluding steroid dienone is 1. The van der Waals surface area contributed by atoms with Crippen molar-refractivity contribution in [3.63, 3.8) is 0 Å². The van der Waals surface area contributed by atoms with Gasteiger partial charge in [-0.3, -0.25) is 4.79 Å². The number of phenolic OH excluding ortho intramolecular Hbond substituents is 1. The lowest BCUT2D eigenvalue weighted by Crippen LogP contribution is -2.27. The molecule has 0 fully saturated rings. The number of methoxy groups -OCH3 is 3. The first-order valence-corrected chi connectivity index (χ1v) is 13.5. The van der Waals surface area contributed by atoms with E-state index in [-0.39, 0.29) is 17.5 Å². The first-order chi connectivity index (χ1) is 18.9. The molecule has 0 saturated carbocycles. The number of hydrogen-bond acceptors (Lipinski definition) is 8. The predicted octanol–water partition coefficient (Wildman–Crippen LogP) is 6.56. The number of para-hydroxylation sites is 2. The van der Waals surface area contributed by atoms with Crippen molar-refractivity contribution in [3.8, 4) is 28.7 Å². The highest BCUT2D eigenvalue weighted by molar-refractivity contribution is 9.10. The summed E-state index contributed by atoms with van der Waals surface area (Å²) in [4.78, 5) is 14.0. The van der Waals surface area contributed by atoms with E-state index in [0.717, 1.165) is 28.2 Å². The Hall–Kier alpha value is -3.85. The van der Waals surface area contributed by atoms with Crippen LogP contribution < -0.4 is 29.6 Å². The highest BCUT2D eigenvalue weighted by Crippen LogP contribution is 2.48. The van der Waals surface area contributed by atoms with Crippen molar-refractivity contribution in [2.24, 2.45) is 0 Å². The predicted molar refractivity (Wildman–Crippen MR) is 154 cm³/mol. The number of ether oxygens (including phenoxy) is 4. The molecule has 2 aliphatic rings. The van der Waals surface area contributed by atoms with E-state index in [1.165, 1.54) is 0 Å². The van der Waals surface area contributed by atoms with Crippen molar-refractivity contribution < 1.29 is 28.8 Å². The molecule has 8 nitrogen and oxygen atoms in total. The average Bonchev–Trinajstić information content (AvgIpc) is 3.11. The van der Waals surface area contributed by atoms with E-state index in [0.29, 0.717) is 52.5 Å². The van der Waals surface area contributed by atoms with Gasteiger partial charge in [-0.25, -0.2) is 0 Å². The number of halogens is 1. The SMILES string of the molecule is CCOc1cc([C@@H]2Nc3ccccc3NC3=C2C(=O)C[C@H](c2cc(OC)c(OC)c(OC)c2)C3)cc(Br)c1O. The molecule has 0 unspecified atom stereocenters. The molecule has 1 heterocycles. The number of nitrogens with one attached hydrogen (secondary N) is 2. The molecule has 1 aliphatic carbocycles. The fourth-order valence-corrected chi connectivity index (χ4v) is 5.80. The number of fused-ring (bicyclic) bond motifs is 1. The molecule has 0 aromatic heterocycles. The number of rotatable bonds is 7. The molecule has 3 aromatic carbocycles. The second-order valence-corrected chi connectivity index (χ2v) is 10.3. The molecule has 0 saturated heterocycles. The largest absolute Gasteiger partial charge is 0.503 e. The van der Waals surface area contributed by atoms with Gasteiger partial charge in [0.05, 0.1) is 49.8 Å². The molecule has 0 amide bonds. The number of benzene rings is 3. The van der Waals surface area contributed by atoms with Crippen LogP contribution in [0.25, 0.3) is 0 Å². The minimum Gasteiger partial charge on any atom is -0.503 e. The third kappa shape index (κ3) is 4.98. The van der Waals surface area contributed by atoms with Gasteiger partial charge in [0.25, 0.3) is 0 Å². The summed E-state index contributed by atoms with van der Waals surface area (Å²) in [7, 11) is 4.74. The normalized spacial score (nSPS) is 18.2. The highest BCUT2D eigenvalue weighted by Gasteiger charge is 2.37. The smallest absolute Gasteiger partial charge is 0.203 e. The van der Waals surface area contributed by atoms with Crippen molar-refractivity contribution in [2.75, 3.05) is 38.6 Å². The van der Waals surface area contributed by atoms with Crippen LogP contribution in [0.2, 0.25) is 0 Å². The van der Waals surface area contributed by atoms with E-state index in [1.807, 2.05) is 49.4 Å². The van der Waals surface area contributed by atoms with Crippen LogP contribution >= 0.6 is 15.9 Å². The molecule has 3 aromatic rings. The third-order valence-electron chi connectivity index (χ3n) is 7.15. The molecule has 2 atom stereocenters. The van der Waals surface area contributed by atoms with Crippen LogP contribution in [0.15, 0.2) is 64.3 Å². The van der Waals surface area contributed by atoms with Gasteiger partial charge in [0, 0.05) is 17.7 Å². The molecule has 0 bridgehead atoms. The zero-order chi connectivity index (χ0) is 27.7. The van der Waals surface area contributed by atoms with Gasteiger partial charge in [0.1, 0.15) is 0 Å². The van der Waals surface area contributed by atoms with E-state index in [9.17, 15) is 9.90 Å². The van der Waals surface area contributed by atoms with Gasteiger partial charge in [0.15, 0.2) is 28.8 Å². The molecule has 0 spiro atoms. The number of hydrogen-bond donors (Lipinski definition) is 3. The summed E-state index contributed by atoms with van der Waals surface area (Å²) in [6, 6.07) is 14.9. The lowest BCUT2D eigenvalue weighted by molar-refractivity contribution is -0.116. The molecule has 9 heteroatoms. The molecule has 0 radical (unpaired) electrons. The van der Waals surface area contributed by atoms with Crippen LogP contribution in [0.5, 0.6) is 28.7 Å². The van der Waals surface area contributed by atoms with Gasteiger partial charge >= 0.3 is 0 Å². The van der Waals surface area contributed by atoms with Crippen molar-refractivity contribution >= 4 is 33.1 Å². The van der Waals surface area contributed by atoms with E-state index in [2.05, 4.69) is 26.6 Å². The van der Waals surface area contributed by atoms with Crippen LogP contribution in [0, 0.1) is 0 Å². The van der Waals surface area contributed by atoms with Crippen LogP contribution in [0.3, 0.4) is 0 Å². The van der Waals surface area contributed by atoms with Crippen LogP contribution in [-0.4, -0.2) is 38.8 Å². The zero-order valence-corrected chi connectivity index (χ0v) is 23.8. The number of phenols is 1. The summed E-state index contributed by atoms with van der Waals surface area (Å²) in [5.74, 6) is 1.92. The van der Waals surface area contributed by atoms with Gasteiger partial charge in [-0.05, 0) is 82.7 Å². The van der Waals surface area contributed by atoms with Gasteiger partial charge in [0.2, 0.25) is 5.75 Å². The van der Waals surface area contributed by atoms with Crippen LogP contribution in [0.1, 0.15) is 42.9 Å². The summed E-state index contributed by atoms with van der Waals surface area (Å²) in [6.07, 6.45) is 0.912. The van der Waals surface area contributed by atoms with Gasteiger partial charge < -0.3 is 34.7 Å². The van der Waals surface area contributed by atoms with Crippen molar-refractivity contribution in [3.05, 3.63) is 75.4 Å². The second-order valence-electron chi connectivity index (χ2n) is 9.41. The Morgan fingerprint density at radius 3 is 2.23 bits per heavy atom. The molecule has 3 N–H and O–H groups in total. The number of aromatic hydroxyl groups is 1. The first kappa shape index (κ1) is 26.7. The Morgan fingerprint density at radius 1 is 0.923 bits per heavy atom. The molecule has 5 rings (SSSR count). The Balaban J connectivity index is 1.62. The molecule has 39 heavy (non-hydrogen) atoms. The Bertz CT molecular complexity index is 1430. The van der Waals surface area contributed by atoms with E-state index in [4.69, 9.17) is 18.9 Å². The Labute approximate surface area is 236 Å². The maximum absolute atomic E-state index is 14.0. The minimum atomic E-state index is -0.458. The standard InChI is InChI=1S/C30H31BrN2O6/c1-5-39-24-15-18(10-19(31)29(24)35)28-27-22(32-20-8-6-7-9-21(20)33-28)11-16(12-23(27)34)17-13-25(36-2)30(38-4)26(14-17)37-3/h6-10,13-16,28,32-33,35H,5,11-12H2,1-4H3/t16-,28+/m1/s1. The van der Waals surface area contributed by atoms with Crippen LogP contribution in [-0.2, 0) is 4.79 Å². The zero-order valence-electron chi connectivity index (χ0n) is 22.3. The lowest BCUT2D eigenvalue weighted by Gasteiger charge is -2.30. The number of Topliss-reactive ketones (excluding diaryl/α,β-unsaturated/α-hetero) is 1. The number of ketones is 1. The van der Waals surface area contributed by atoms with Crippen molar-refractivity contribution in [2.45, 2.75) is 31.7 Å². The lowest BCUT2D eigenvalue weighted by atomic mass is 9.78. The fraction of sp³-hybridized carbons (Fsp3) is 0.300. The first-order valence-electron chi connectivity index (χ1n) is 12.7. The van der Waals surface area contributed by atoms with Gasteiger partial charge in [-0.15, -0.1) is 0 Å². The maximum atomic E-state index is 14.0. The fourth-order valence-electron chi connectivity index (χ4n) is 5.34. The quantitative estimate of drug-likeness (QED) is 0.283. The van der Waals surface area contributed by atoms with Crippen molar-refractivity contribution in [1.82, 2.24) is 0 Å². The molecule has 204 valence electrons. The molecule has 1 aliphatic heterocycles. The monoisotopic (exact) mass is 594 g/mol. The van der Waals surface area contributed by atoms with Crippen molar-refractivity contribution in [1.29, 1.82) is 0 Å². The van der Waals surface area contributed by atoms with E-state index in [1.54, 1.807) is 27.4 Å². The van der Waals surface area contributed by atoms with Gasteiger partial charge in [-0.1, -0.05) is 12.1 Å². The summed E-state index contributed by atoms with van der Waals surface area (Å²) in [6.45, 7) is 2.26. The third-order valence-corrected chi connectivity index (χ3v) is 7.76. The average molecular weight is 595 g/mol. The summed E-state index contributed by atoms with van der Waals surface area (Å²) in [5.41, 5.74) is 4.99. The number of anilines is 2. The molecular weight excluding hydrogens is 564 g/mol. The van der Waals surface area contributed by atoms with Crippen LogP contribution in [0.4, 0.5) is 11.4 Å². The summed E-state index contributed by atoms with van der Waals surface area (Å²) < 4.78 is 22.8. The van der Waals surface area contributed by atoms with E-state index < -0.39 is 6.04 Å².